The van der Waals surface area contributed by atoms with Crippen molar-refractivity contribution in [2.75, 3.05) is 27.2 Å². The number of nitrogens with one attached hydrogen (secondary N) is 1. The van der Waals surface area contributed by atoms with Crippen LogP contribution >= 0.6 is 0 Å². The number of hydrogen-bond acceptors (Lipinski definition) is 3. The molecule has 18 heavy (non-hydrogen) atoms. The van der Waals surface area contributed by atoms with Crippen LogP contribution in [0.3, 0.4) is 0 Å². The van der Waals surface area contributed by atoms with Gasteiger partial charge in [-0.2, -0.15) is 0 Å². The molecule has 0 atom stereocenters. The number of nitrogens with zero attached hydrogens (tertiary/aromatic N) is 2. The third kappa shape index (κ3) is 5.51. The van der Waals surface area contributed by atoms with Gasteiger partial charge in [0.2, 0.25) is 5.91 Å². The summed E-state index contributed by atoms with van der Waals surface area (Å²) in [5.74, 6) is -1.36. The second kappa shape index (κ2) is 6.23. The van der Waals surface area contributed by atoms with E-state index >= 15 is 0 Å². The summed E-state index contributed by atoms with van der Waals surface area (Å²) in [5.41, 5.74) is -0.635. The highest BCUT2D eigenvalue weighted by molar-refractivity contribution is 5.85. The summed E-state index contributed by atoms with van der Waals surface area (Å²) in [6, 6.07) is -0.569. The first-order valence-electron chi connectivity index (χ1n) is 5.53. The van der Waals surface area contributed by atoms with E-state index in [0.717, 1.165) is 4.90 Å². The van der Waals surface area contributed by atoms with Gasteiger partial charge in [-0.3, -0.25) is 9.59 Å². The molecule has 0 aliphatic heterocycles. The normalized spacial score (nSPS) is 10.7. The standard InChI is InChI=1S/C11H21N3O4/c1-11(2,3)14(7-9(16)17)10(18)12-6-8(15)13(4)5/h6-7H2,1-5H3,(H,12,18)(H,16,17). The summed E-state index contributed by atoms with van der Waals surface area (Å²) >= 11 is 0. The highest BCUT2D eigenvalue weighted by Crippen LogP contribution is 2.12. The van der Waals surface area contributed by atoms with Crippen molar-refractivity contribution in [3.63, 3.8) is 0 Å². The van der Waals surface area contributed by atoms with Crippen molar-refractivity contribution in [1.82, 2.24) is 15.1 Å². The van der Waals surface area contributed by atoms with Crippen molar-refractivity contribution >= 4 is 17.9 Å². The highest BCUT2D eigenvalue weighted by atomic mass is 16.4. The molecule has 104 valence electrons. The molecule has 0 saturated carbocycles. The first kappa shape index (κ1) is 16.2. The van der Waals surface area contributed by atoms with E-state index in [1.807, 2.05) is 0 Å². The van der Waals surface area contributed by atoms with E-state index in [0.29, 0.717) is 0 Å². The second-order valence-corrected chi connectivity index (χ2v) is 5.10. The Kier molecular flexibility index (Phi) is 5.61. The van der Waals surface area contributed by atoms with Crippen molar-refractivity contribution in [1.29, 1.82) is 0 Å². The largest absolute Gasteiger partial charge is 0.480 e. The fourth-order valence-electron chi connectivity index (χ4n) is 1.15. The Morgan fingerprint density at radius 2 is 1.67 bits per heavy atom. The molecule has 0 spiro atoms. The van der Waals surface area contributed by atoms with Crippen LogP contribution in [0.5, 0.6) is 0 Å². The molecule has 0 aromatic rings. The van der Waals surface area contributed by atoms with Crippen LogP contribution < -0.4 is 5.32 Å². The van der Waals surface area contributed by atoms with Crippen molar-refractivity contribution in [2.45, 2.75) is 26.3 Å². The van der Waals surface area contributed by atoms with Gasteiger partial charge >= 0.3 is 12.0 Å². The molecule has 0 rings (SSSR count). The minimum absolute atomic E-state index is 0.155. The molecule has 0 unspecified atom stereocenters. The minimum Gasteiger partial charge on any atom is -0.480 e. The van der Waals surface area contributed by atoms with Gasteiger partial charge in [-0.25, -0.2) is 4.79 Å². The highest BCUT2D eigenvalue weighted by Gasteiger charge is 2.28. The number of aliphatic carboxylic acids is 1. The molecule has 0 aromatic heterocycles. The maximum atomic E-state index is 11.8. The summed E-state index contributed by atoms with van der Waals surface area (Å²) in [6.07, 6.45) is 0. The van der Waals surface area contributed by atoms with Gasteiger partial charge in [0.05, 0.1) is 6.54 Å². The quantitative estimate of drug-likeness (QED) is 0.742. The van der Waals surface area contributed by atoms with Gasteiger partial charge in [-0.05, 0) is 20.8 Å². The van der Waals surface area contributed by atoms with Crippen molar-refractivity contribution in [2.24, 2.45) is 0 Å². The molecule has 0 heterocycles. The lowest BCUT2D eigenvalue weighted by atomic mass is 10.1. The zero-order valence-electron chi connectivity index (χ0n) is 11.5. The number of urea groups is 1. The molecule has 0 aromatic carbocycles. The summed E-state index contributed by atoms with van der Waals surface area (Å²) in [5, 5.41) is 11.2. The van der Waals surface area contributed by atoms with Gasteiger partial charge < -0.3 is 20.2 Å². The number of hydrogen-bond donors (Lipinski definition) is 2. The zero-order chi connectivity index (χ0) is 14.5. The zero-order valence-corrected chi connectivity index (χ0v) is 11.5. The Hall–Kier alpha value is -1.79. The topological polar surface area (TPSA) is 90.0 Å². The van der Waals surface area contributed by atoms with E-state index < -0.39 is 24.1 Å². The summed E-state index contributed by atoms with van der Waals surface area (Å²) < 4.78 is 0. The third-order valence-corrected chi connectivity index (χ3v) is 2.24. The molecular weight excluding hydrogens is 238 g/mol. The van der Waals surface area contributed by atoms with Gasteiger partial charge in [0.1, 0.15) is 6.54 Å². The van der Waals surface area contributed by atoms with Gasteiger partial charge in [-0.1, -0.05) is 0 Å². The number of amides is 3. The fourth-order valence-corrected chi connectivity index (χ4v) is 1.15. The number of carbonyl (C=O) groups excluding carboxylic acids is 2. The van der Waals surface area contributed by atoms with E-state index in [1.165, 1.54) is 4.90 Å². The van der Waals surface area contributed by atoms with Crippen LogP contribution in [0.1, 0.15) is 20.8 Å². The molecule has 2 N–H and O–H groups in total. The molecule has 0 saturated heterocycles. The van der Waals surface area contributed by atoms with E-state index in [2.05, 4.69) is 5.32 Å². The number of carbonyl (C=O) groups is 3. The predicted octanol–water partition coefficient (Wildman–Crippen LogP) is -0.0307. The van der Waals surface area contributed by atoms with Gasteiger partial charge in [0.25, 0.3) is 0 Å². The number of likely N-dealkylation sites (N-methyl/N-ethyl adjacent to an activating group) is 1. The van der Waals surface area contributed by atoms with Crippen LogP contribution in [0.4, 0.5) is 4.79 Å². The minimum atomic E-state index is -1.10. The Morgan fingerprint density at radius 1 is 1.17 bits per heavy atom. The van der Waals surface area contributed by atoms with Crippen molar-refractivity contribution in [3.8, 4) is 0 Å². The van der Waals surface area contributed by atoms with Gasteiger partial charge in [-0.15, -0.1) is 0 Å². The maximum absolute atomic E-state index is 11.8. The first-order chi connectivity index (χ1) is 8.05. The van der Waals surface area contributed by atoms with Crippen molar-refractivity contribution in [3.05, 3.63) is 0 Å². The molecule has 0 fully saturated rings. The maximum Gasteiger partial charge on any atom is 0.323 e. The number of carboxylic acid groups (broad SMARTS) is 1. The van der Waals surface area contributed by atoms with E-state index in [1.54, 1.807) is 34.9 Å². The monoisotopic (exact) mass is 259 g/mol. The fraction of sp³-hybridized carbons (Fsp3) is 0.727. The van der Waals surface area contributed by atoms with Crippen LogP contribution in [0.2, 0.25) is 0 Å². The predicted molar refractivity (Wildman–Crippen MR) is 66.2 cm³/mol. The molecular formula is C11H21N3O4. The first-order valence-corrected chi connectivity index (χ1v) is 5.53. The van der Waals surface area contributed by atoms with E-state index in [-0.39, 0.29) is 12.5 Å². The number of rotatable bonds is 4. The summed E-state index contributed by atoms with van der Waals surface area (Å²) in [4.78, 5) is 36.4. The van der Waals surface area contributed by atoms with Crippen LogP contribution in [0.25, 0.3) is 0 Å². The van der Waals surface area contributed by atoms with E-state index in [9.17, 15) is 14.4 Å². The molecule has 0 radical (unpaired) electrons. The van der Waals surface area contributed by atoms with Gasteiger partial charge in [0, 0.05) is 19.6 Å². The molecule has 0 aliphatic rings. The average molecular weight is 259 g/mol. The average Bonchev–Trinajstić information content (AvgIpc) is 2.19. The van der Waals surface area contributed by atoms with Crippen LogP contribution in [-0.2, 0) is 9.59 Å². The molecule has 0 bridgehead atoms. The lowest BCUT2D eigenvalue weighted by Gasteiger charge is -2.34. The smallest absolute Gasteiger partial charge is 0.323 e. The number of carboxylic acids is 1. The summed E-state index contributed by atoms with van der Waals surface area (Å²) in [7, 11) is 3.15. The van der Waals surface area contributed by atoms with Crippen molar-refractivity contribution < 1.29 is 19.5 Å². The molecule has 7 heteroatoms. The van der Waals surface area contributed by atoms with Gasteiger partial charge in [0.15, 0.2) is 0 Å². The third-order valence-electron chi connectivity index (χ3n) is 2.24. The Morgan fingerprint density at radius 3 is 2.00 bits per heavy atom. The SMILES string of the molecule is CN(C)C(=O)CNC(=O)N(CC(=O)O)C(C)(C)C. The lowest BCUT2D eigenvalue weighted by molar-refractivity contribution is -0.138. The Balaban J connectivity index is 4.58. The molecule has 7 nitrogen and oxygen atoms in total. The Labute approximate surface area is 107 Å². The van der Waals surface area contributed by atoms with E-state index in [4.69, 9.17) is 5.11 Å². The molecule has 3 amide bonds. The lowest BCUT2D eigenvalue weighted by Crippen LogP contribution is -2.53. The van der Waals surface area contributed by atoms with Crippen LogP contribution in [-0.4, -0.2) is 65.5 Å². The van der Waals surface area contributed by atoms with Crippen LogP contribution in [0, 0.1) is 0 Å². The second-order valence-electron chi connectivity index (χ2n) is 5.10. The molecule has 0 aliphatic carbocycles. The Bertz CT molecular complexity index is 334. The van der Waals surface area contributed by atoms with Crippen LogP contribution in [0.15, 0.2) is 0 Å². The summed E-state index contributed by atoms with van der Waals surface area (Å²) in [6.45, 7) is 4.61.